The van der Waals surface area contributed by atoms with Crippen LogP contribution >= 0.6 is 0 Å². The second-order valence-corrected chi connectivity index (χ2v) is 6.57. The maximum absolute atomic E-state index is 4.52. The van der Waals surface area contributed by atoms with E-state index in [1.54, 1.807) is 6.20 Å². The number of pyridine rings is 1. The summed E-state index contributed by atoms with van der Waals surface area (Å²) in [5.41, 5.74) is 1.00. The summed E-state index contributed by atoms with van der Waals surface area (Å²) in [5.74, 6) is 0. The van der Waals surface area contributed by atoms with Crippen LogP contribution in [0.15, 0.2) is 67.1 Å². The monoisotopic (exact) mass is 348 g/mol. The molecule has 0 unspecified atom stereocenters. The van der Waals surface area contributed by atoms with Crippen molar-refractivity contribution in [1.82, 2.24) is 14.8 Å². The molecule has 0 amide bonds. The molecule has 3 rings (SSSR count). The number of hydrogen-bond acceptors (Lipinski definition) is 2. The van der Waals surface area contributed by atoms with Gasteiger partial charge >= 0.3 is 116 Å². The Bertz CT molecular complexity index is 603. The first-order chi connectivity index (χ1) is 8.92. The van der Waals surface area contributed by atoms with E-state index in [4.69, 9.17) is 0 Å². The van der Waals surface area contributed by atoms with Crippen molar-refractivity contribution in [2.75, 3.05) is 0 Å². The van der Waals surface area contributed by atoms with Crippen LogP contribution in [0.3, 0.4) is 0 Å². The number of nitrogens with zero attached hydrogens (tertiary/aromatic N) is 3. The summed E-state index contributed by atoms with van der Waals surface area (Å²) in [6, 6.07) is 16.6. The standard InChI is InChI=1S/C14H11IN3/c1-2-5-12(6-3-1)15-14-8-7-13(11-16-14)18-10-4-9-17-18/h1-11H/q-1. The summed E-state index contributed by atoms with van der Waals surface area (Å²) in [4.78, 5) is 4.52. The average Bonchev–Trinajstić information content (AvgIpc) is 2.95. The van der Waals surface area contributed by atoms with Crippen molar-refractivity contribution < 1.29 is 21.2 Å². The molecular formula is C14H11IN3-. The molecule has 18 heavy (non-hydrogen) atoms. The molecule has 90 valence electrons. The average molecular weight is 348 g/mol. The van der Waals surface area contributed by atoms with Gasteiger partial charge in [-0.2, -0.15) is 0 Å². The molecule has 0 bridgehead atoms. The zero-order valence-electron chi connectivity index (χ0n) is 9.57. The minimum atomic E-state index is -0.183. The molecule has 3 nitrogen and oxygen atoms in total. The van der Waals surface area contributed by atoms with Gasteiger partial charge in [-0.15, -0.1) is 0 Å². The molecule has 0 radical (unpaired) electrons. The van der Waals surface area contributed by atoms with Crippen LogP contribution in [0.4, 0.5) is 0 Å². The van der Waals surface area contributed by atoms with E-state index in [0.29, 0.717) is 0 Å². The maximum atomic E-state index is 4.52. The third-order valence-electron chi connectivity index (χ3n) is 2.42. The van der Waals surface area contributed by atoms with Gasteiger partial charge in [-0.3, -0.25) is 0 Å². The fraction of sp³-hybridized carbons (Fsp3) is 0. The van der Waals surface area contributed by atoms with E-state index in [1.165, 1.54) is 7.27 Å². The Hall–Kier alpha value is -1.69. The van der Waals surface area contributed by atoms with E-state index < -0.39 is 0 Å². The van der Waals surface area contributed by atoms with Gasteiger partial charge in [0.1, 0.15) is 0 Å². The van der Waals surface area contributed by atoms with E-state index in [0.717, 1.165) is 5.69 Å². The number of hydrogen-bond donors (Lipinski definition) is 0. The van der Waals surface area contributed by atoms with Crippen molar-refractivity contribution in [3.8, 4) is 5.69 Å². The molecule has 4 heteroatoms. The molecule has 0 spiro atoms. The van der Waals surface area contributed by atoms with Crippen LogP contribution in [0, 0.1) is 7.27 Å². The molecule has 0 aliphatic rings. The summed E-state index contributed by atoms with van der Waals surface area (Å²) in [6.07, 6.45) is 5.57. The van der Waals surface area contributed by atoms with E-state index in [-0.39, 0.29) is 21.2 Å². The van der Waals surface area contributed by atoms with Gasteiger partial charge in [-0.05, 0) is 0 Å². The Morgan fingerprint density at radius 3 is 2.50 bits per heavy atom. The summed E-state index contributed by atoms with van der Waals surface area (Å²) >= 11 is -0.183. The SMILES string of the molecule is c1ccc([I-]c2ccc(-n3cccn3)cn2)cc1. The van der Waals surface area contributed by atoms with Crippen LogP contribution in [-0.2, 0) is 0 Å². The fourth-order valence-electron chi connectivity index (χ4n) is 1.57. The number of aromatic nitrogens is 3. The topological polar surface area (TPSA) is 30.7 Å². The molecule has 2 aromatic heterocycles. The van der Waals surface area contributed by atoms with Gasteiger partial charge in [0.15, 0.2) is 0 Å². The summed E-state index contributed by atoms with van der Waals surface area (Å²) < 4.78 is 4.38. The first-order valence-corrected chi connectivity index (χ1v) is 7.73. The van der Waals surface area contributed by atoms with Crippen LogP contribution in [-0.4, -0.2) is 14.8 Å². The first kappa shape index (κ1) is 11.4. The van der Waals surface area contributed by atoms with Crippen molar-refractivity contribution in [3.05, 3.63) is 74.4 Å². The zero-order valence-corrected chi connectivity index (χ0v) is 11.7. The predicted molar refractivity (Wildman–Crippen MR) is 65.2 cm³/mol. The quantitative estimate of drug-likeness (QED) is 0.467. The van der Waals surface area contributed by atoms with Crippen molar-refractivity contribution in [3.63, 3.8) is 0 Å². The van der Waals surface area contributed by atoms with Gasteiger partial charge in [0.05, 0.1) is 0 Å². The minimum absolute atomic E-state index is 0.183. The van der Waals surface area contributed by atoms with E-state index >= 15 is 0 Å². The normalized spacial score (nSPS) is 10.7. The van der Waals surface area contributed by atoms with Crippen molar-refractivity contribution in [1.29, 1.82) is 0 Å². The second kappa shape index (κ2) is 5.30. The van der Waals surface area contributed by atoms with Gasteiger partial charge in [0.25, 0.3) is 0 Å². The van der Waals surface area contributed by atoms with Crippen LogP contribution in [0.2, 0.25) is 0 Å². The van der Waals surface area contributed by atoms with Gasteiger partial charge < -0.3 is 0 Å². The molecule has 0 fully saturated rings. The molecular weight excluding hydrogens is 337 g/mol. The molecule has 2 heterocycles. The Morgan fingerprint density at radius 1 is 0.944 bits per heavy atom. The Labute approximate surface area is 116 Å². The first-order valence-electron chi connectivity index (χ1n) is 5.58. The van der Waals surface area contributed by atoms with Crippen molar-refractivity contribution in [2.45, 2.75) is 0 Å². The van der Waals surface area contributed by atoms with Crippen molar-refractivity contribution in [2.24, 2.45) is 0 Å². The molecule has 0 N–H and O–H groups in total. The summed E-state index contributed by atoms with van der Waals surface area (Å²) in [5, 5.41) is 4.19. The van der Waals surface area contributed by atoms with Crippen molar-refractivity contribution >= 4 is 0 Å². The molecule has 3 aromatic rings. The van der Waals surface area contributed by atoms with E-state index in [9.17, 15) is 0 Å². The van der Waals surface area contributed by atoms with Crippen LogP contribution in [0.5, 0.6) is 0 Å². The Balaban J connectivity index is 1.80. The third kappa shape index (κ3) is 2.59. The zero-order chi connectivity index (χ0) is 12.2. The summed E-state index contributed by atoms with van der Waals surface area (Å²) in [7, 11) is 0. The van der Waals surface area contributed by atoms with Gasteiger partial charge in [0, 0.05) is 0 Å². The molecule has 0 saturated carbocycles. The number of rotatable bonds is 3. The van der Waals surface area contributed by atoms with E-state index in [2.05, 4.69) is 46.5 Å². The molecule has 0 saturated heterocycles. The Morgan fingerprint density at radius 2 is 1.83 bits per heavy atom. The third-order valence-corrected chi connectivity index (χ3v) is 4.95. The van der Waals surface area contributed by atoms with Gasteiger partial charge in [-0.25, -0.2) is 0 Å². The fourth-order valence-corrected chi connectivity index (χ4v) is 3.62. The van der Waals surface area contributed by atoms with E-state index in [1.807, 2.05) is 29.2 Å². The number of benzene rings is 1. The number of halogens is 1. The van der Waals surface area contributed by atoms with Gasteiger partial charge in [0.2, 0.25) is 0 Å². The Kier molecular flexibility index (Phi) is 3.36. The predicted octanol–water partition coefficient (Wildman–Crippen LogP) is -0.604. The van der Waals surface area contributed by atoms with Crippen LogP contribution in [0.1, 0.15) is 0 Å². The molecule has 0 aliphatic carbocycles. The summed E-state index contributed by atoms with van der Waals surface area (Å²) in [6.45, 7) is 0. The molecule has 0 aliphatic heterocycles. The van der Waals surface area contributed by atoms with Gasteiger partial charge in [-0.1, -0.05) is 0 Å². The second-order valence-electron chi connectivity index (χ2n) is 3.68. The van der Waals surface area contributed by atoms with Crippen LogP contribution < -0.4 is 21.2 Å². The molecule has 1 aromatic carbocycles. The molecule has 0 atom stereocenters. The van der Waals surface area contributed by atoms with Crippen LogP contribution in [0.25, 0.3) is 5.69 Å².